The molecule has 2 rings (SSSR count). The highest BCUT2D eigenvalue weighted by Crippen LogP contribution is 2.19. The first kappa shape index (κ1) is 8.77. The maximum absolute atomic E-state index is 10.8. The van der Waals surface area contributed by atoms with Gasteiger partial charge in [-0.25, -0.2) is 4.79 Å². The van der Waals surface area contributed by atoms with E-state index in [4.69, 9.17) is 10.2 Å². The fourth-order valence-electron chi connectivity index (χ4n) is 1.54. The number of aromatic nitrogens is 1. The number of nitrogens with zero attached hydrogens (tertiary/aromatic N) is 1. The van der Waals surface area contributed by atoms with Gasteiger partial charge in [-0.2, -0.15) is 0 Å². The lowest BCUT2D eigenvalue weighted by atomic mass is 10.1. The van der Waals surface area contributed by atoms with Crippen LogP contribution in [0.3, 0.4) is 0 Å². The van der Waals surface area contributed by atoms with Crippen molar-refractivity contribution in [2.45, 2.75) is 6.61 Å². The van der Waals surface area contributed by atoms with Crippen molar-refractivity contribution in [3.8, 4) is 0 Å². The number of benzene rings is 1. The van der Waals surface area contributed by atoms with Crippen molar-refractivity contribution in [2.24, 2.45) is 0 Å². The SMILES string of the molecule is O=C(O)n1ccc2c(CO)cccc21. The topological polar surface area (TPSA) is 62.5 Å². The van der Waals surface area contributed by atoms with Crippen molar-refractivity contribution in [2.75, 3.05) is 0 Å². The van der Waals surface area contributed by atoms with Gasteiger partial charge in [-0.05, 0) is 17.7 Å². The molecule has 0 saturated carbocycles. The Morgan fingerprint density at radius 3 is 2.79 bits per heavy atom. The third-order valence-corrected chi connectivity index (χ3v) is 2.20. The van der Waals surface area contributed by atoms with E-state index < -0.39 is 6.09 Å². The first-order chi connectivity index (χ1) is 6.74. The van der Waals surface area contributed by atoms with E-state index in [0.717, 1.165) is 15.5 Å². The average molecular weight is 191 g/mol. The number of hydrogen-bond donors (Lipinski definition) is 2. The Labute approximate surface area is 80.0 Å². The van der Waals surface area contributed by atoms with Crippen LogP contribution in [0.1, 0.15) is 5.56 Å². The van der Waals surface area contributed by atoms with Gasteiger partial charge in [-0.15, -0.1) is 0 Å². The number of aliphatic hydroxyl groups is 1. The van der Waals surface area contributed by atoms with E-state index in [1.54, 1.807) is 24.3 Å². The Bertz CT molecular complexity index is 487. The zero-order valence-electron chi connectivity index (χ0n) is 7.34. The van der Waals surface area contributed by atoms with Crippen LogP contribution in [0.2, 0.25) is 0 Å². The molecule has 2 aromatic rings. The van der Waals surface area contributed by atoms with Crippen LogP contribution in [-0.2, 0) is 6.61 Å². The molecule has 0 fully saturated rings. The summed E-state index contributed by atoms with van der Waals surface area (Å²) in [6.45, 7) is -0.0824. The fraction of sp³-hybridized carbons (Fsp3) is 0.100. The van der Waals surface area contributed by atoms with Crippen molar-refractivity contribution in [3.63, 3.8) is 0 Å². The molecular weight excluding hydrogens is 182 g/mol. The second-order valence-electron chi connectivity index (χ2n) is 2.98. The van der Waals surface area contributed by atoms with E-state index in [1.165, 1.54) is 6.20 Å². The maximum atomic E-state index is 10.8. The normalized spacial score (nSPS) is 10.6. The zero-order chi connectivity index (χ0) is 10.1. The number of carbonyl (C=O) groups is 1. The molecular formula is C10H9NO3. The second-order valence-corrected chi connectivity index (χ2v) is 2.98. The Morgan fingerprint density at radius 1 is 1.36 bits per heavy atom. The monoisotopic (exact) mass is 191 g/mol. The van der Waals surface area contributed by atoms with E-state index >= 15 is 0 Å². The Kier molecular flexibility index (Phi) is 1.98. The Hall–Kier alpha value is -1.81. The van der Waals surface area contributed by atoms with Crippen molar-refractivity contribution < 1.29 is 15.0 Å². The molecule has 1 heterocycles. The number of hydrogen-bond acceptors (Lipinski definition) is 2. The third kappa shape index (κ3) is 1.16. The molecule has 0 aliphatic rings. The molecule has 14 heavy (non-hydrogen) atoms. The number of aliphatic hydroxyl groups excluding tert-OH is 1. The molecule has 0 aliphatic carbocycles. The van der Waals surface area contributed by atoms with E-state index in [1.807, 2.05) is 0 Å². The van der Waals surface area contributed by atoms with Gasteiger partial charge in [0.25, 0.3) is 0 Å². The van der Waals surface area contributed by atoms with Crippen molar-refractivity contribution in [3.05, 3.63) is 36.0 Å². The summed E-state index contributed by atoms with van der Waals surface area (Å²) in [5.41, 5.74) is 1.34. The molecule has 0 bridgehead atoms. The molecule has 72 valence electrons. The van der Waals surface area contributed by atoms with E-state index in [9.17, 15) is 4.79 Å². The smallest absolute Gasteiger partial charge is 0.415 e. The first-order valence-corrected chi connectivity index (χ1v) is 4.17. The van der Waals surface area contributed by atoms with Crippen molar-refractivity contribution >= 4 is 17.0 Å². The van der Waals surface area contributed by atoms with Gasteiger partial charge in [0, 0.05) is 11.6 Å². The maximum Gasteiger partial charge on any atom is 0.415 e. The lowest BCUT2D eigenvalue weighted by molar-refractivity contribution is 0.197. The van der Waals surface area contributed by atoms with Gasteiger partial charge in [-0.3, -0.25) is 4.57 Å². The highest BCUT2D eigenvalue weighted by atomic mass is 16.4. The lowest BCUT2D eigenvalue weighted by Crippen LogP contribution is -2.05. The van der Waals surface area contributed by atoms with Crippen LogP contribution in [0.4, 0.5) is 4.79 Å². The molecule has 1 aromatic carbocycles. The summed E-state index contributed by atoms with van der Waals surface area (Å²) in [6.07, 6.45) is 0.460. The largest absolute Gasteiger partial charge is 0.464 e. The van der Waals surface area contributed by atoms with E-state index in [0.29, 0.717) is 5.52 Å². The minimum absolute atomic E-state index is 0.0824. The predicted molar refractivity (Wildman–Crippen MR) is 51.3 cm³/mol. The average Bonchev–Trinajstić information content (AvgIpc) is 2.60. The highest BCUT2D eigenvalue weighted by Gasteiger charge is 2.08. The minimum Gasteiger partial charge on any atom is -0.464 e. The summed E-state index contributed by atoms with van der Waals surface area (Å²) < 4.78 is 1.13. The third-order valence-electron chi connectivity index (χ3n) is 2.20. The molecule has 0 saturated heterocycles. The van der Waals surface area contributed by atoms with E-state index in [2.05, 4.69) is 0 Å². The van der Waals surface area contributed by atoms with Crippen LogP contribution in [0.5, 0.6) is 0 Å². The van der Waals surface area contributed by atoms with Crippen molar-refractivity contribution in [1.29, 1.82) is 0 Å². The standard InChI is InChI=1S/C10H9NO3/c12-6-7-2-1-3-9-8(7)4-5-11(9)10(13)14/h1-5,12H,6H2,(H,13,14). The number of carboxylic acid groups (broad SMARTS) is 1. The Balaban J connectivity index is 2.75. The fourth-order valence-corrected chi connectivity index (χ4v) is 1.54. The molecule has 0 unspecified atom stereocenters. The lowest BCUT2D eigenvalue weighted by Gasteiger charge is -2.00. The zero-order valence-corrected chi connectivity index (χ0v) is 7.34. The van der Waals surface area contributed by atoms with Gasteiger partial charge < -0.3 is 10.2 Å². The van der Waals surface area contributed by atoms with Gasteiger partial charge >= 0.3 is 6.09 Å². The highest BCUT2D eigenvalue weighted by molar-refractivity contribution is 5.90. The quantitative estimate of drug-likeness (QED) is 0.720. The van der Waals surface area contributed by atoms with Gasteiger partial charge in [0.15, 0.2) is 0 Å². The van der Waals surface area contributed by atoms with Crippen LogP contribution < -0.4 is 0 Å². The molecule has 4 nitrogen and oxygen atoms in total. The minimum atomic E-state index is -1.02. The van der Waals surface area contributed by atoms with Gasteiger partial charge in [0.05, 0.1) is 12.1 Å². The summed E-state index contributed by atoms with van der Waals surface area (Å²) in [6, 6.07) is 6.90. The van der Waals surface area contributed by atoms with Gasteiger partial charge in [-0.1, -0.05) is 12.1 Å². The summed E-state index contributed by atoms with van der Waals surface area (Å²) in [5.74, 6) is 0. The van der Waals surface area contributed by atoms with Crippen LogP contribution in [0, 0.1) is 0 Å². The van der Waals surface area contributed by atoms with Gasteiger partial charge in [0.2, 0.25) is 0 Å². The van der Waals surface area contributed by atoms with Crippen LogP contribution in [0.25, 0.3) is 10.9 Å². The molecule has 2 N–H and O–H groups in total. The number of rotatable bonds is 1. The molecule has 0 radical (unpaired) electrons. The van der Waals surface area contributed by atoms with E-state index in [-0.39, 0.29) is 6.61 Å². The number of fused-ring (bicyclic) bond motifs is 1. The van der Waals surface area contributed by atoms with Crippen LogP contribution >= 0.6 is 0 Å². The van der Waals surface area contributed by atoms with Crippen molar-refractivity contribution in [1.82, 2.24) is 4.57 Å². The molecule has 4 heteroatoms. The summed E-state index contributed by atoms with van der Waals surface area (Å²) >= 11 is 0. The molecule has 0 aliphatic heterocycles. The summed E-state index contributed by atoms with van der Waals surface area (Å²) in [7, 11) is 0. The Morgan fingerprint density at radius 2 is 2.14 bits per heavy atom. The second kappa shape index (κ2) is 3.16. The molecule has 0 amide bonds. The molecule has 1 aromatic heterocycles. The van der Waals surface area contributed by atoms with Crippen LogP contribution in [0.15, 0.2) is 30.5 Å². The first-order valence-electron chi connectivity index (χ1n) is 4.17. The van der Waals surface area contributed by atoms with Gasteiger partial charge in [0.1, 0.15) is 0 Å². The molecule has 0 spiro atoms. The van der Waals surface area contributed by atoms with Crippen LogP contribution in [-0.4, -0.2) is 20.9 Å². The summed E-state index contributed by atoms with van der Waals surface area (Å²) in [5, 5.41) is 18.6. The molecule has 0 atom stereocenters. The summed E-state index contributed by atoms with van der Waals surface area (Å²) in [4.78, 5) is 10.8. The predicted octanol–water partition coefficient (Wildman–Crippen LogP) is 1.66.